The molecule has 0 radical (unpaired) electrons. The van der Waals surface area contributed by atoms with Gasteiger partial charge in [-0.15, -0.1) is 0 Å². The number of nitrogens with one attached hydrogen (secondary N) is 2. The number of anilines is 2. The van der Waals surface area contributed by atoms with E-state index in [0.717, 1.165) is 5.69 Å². The third-order valence-corrected chi connectivity index (χ3v) is 5.58. The van der Waals surface area contributed by atoms with E-state index in [1.165, 1.54) is 0 Å². The van der Waals surface area contributed by atoms with Crippen molar-refractivity contribution in [2.45, 2.75) is 66.7 Å². The smallest absolute Gasteiger partial charge is 0.412 e. The number of rotatable bonds is 6. The van der Waals surface area contributed by atoms with Gasteiger partial charge in [0.25, 0.3) is 6.01 Å². The van der Waals surface area contributed by atoms with Gasteiger partial charge in [-0.1, -0.05) is 26.8 Å². The molecular weight excluding hydrogens is 474 g/mol. The normalized spacial score (nSPS) is 12.6. The molecule has 1 atom stereocenters. The van der Waals surface area contributed by atoms with E-state index in [9.17, 15) is 14.4 Å². The second-order valence-electron chi connectivity index (χ2n) is 11.0. The lowest BCUT2D eigenvalue weighted by atomic mass is 9.86. The van der Waals surface area contributed by atoms with Crippen molar-refractivity contribution in [3.05, 3.63) is 58.2 Å². The highest BCUT2D eigenvalue weighted by molar-refractivity contribution is 5.93. The molecule has 0 saturated carbocycles. The topological polar surface area (TPSA) is 127 Å². The van der Waals surface area contributed by atoms with Crippen LogP contribution in [0.4, 0.5) is 16.5 Å². The van der Waals surface area contributed by atoms with E-state index in [1.807, 2.05) is 39.0 Å². The third-order valence-electron chi connectivity index (χ3n) is 5.58. The summed E-state index contributed by atoms with van der Waals surface area (Å²) in [7, 11) is 1.70. The minimum atomic E-state index is -0.733. The summed E-state index contributed by atoms with van der Waals surface area (Å²) in [6.07, 6.45) is 1.05. The Labute approximate surface area is 216 Å². The number of hydrogen-bond donors (Lipinski definition) is 2. The van der Waals surface area contributed by atoms with E-state index in [0.29, 0.717) is 23.3 Å². The minimum absolute atomic E-state index is 0.0655. The van der Waals surface area contributed by atoms with Crippen LogP contribution in [0.15, 0.2) is 45.7 Å². The summed E-state index contributed by atoms with van der Waals surface area (Å²) in [6.45, 7) is 13.0. The number of benzene rings is 1. The molecule has 2 heterocycles. The maximum absolute atomic E-state index is 13.4. The number of aryl methyl sites for hydroxylation is 1. The molecule has 2 N–H and O–H groups in total. The van der Waals surface area contributed by atoms with Crippen LogP contribution in [0, 0.1) is 12.3 Å². The number of aromatic nitrogens is 2. The fourth-order valence-electron chi connectivity index (χ4n) is 3.74. The molecular formula is C27H35N5O5. The van der Waals surface area contributed by atoms with E-state index in [2.05, 4.69) is 20.6 Å². The molecule has 1 aromatic carbocycles. The molecule has 2 aromatic heterocycles. The fourth-order valence-corrected chi connectivity index (χ4v) is 3.74. The molecule has 0 aliphatic rings. The zero-order valence-electron chi connectivity index (χ0n) is 22.6. The Morgan fingerprint density at radius 1 is 1.11 bits per heavy atom. The van der Waals surface area contributed by atoms with Gasteiger partial charge in [0.05, 0.1) is 23.1 Å². The monoisotopic (exact) mass is 509 g/mol. The summed E-state index contributed by atoms with van der Waals surface area (Å²) in [6, 6.07) is 7.98. The summed E-state index contributed by atoms with van der Waals surface area (Å²) < 4.78 is 10.8. The van der Waals surface area contributed by atoms with Crippen LogP contribution in [-0.4, -0.2) is 45.6 Å². The van der Waals surface area contributed by atoms with Crippen LogP contribution in [0.5, 0.6) is 0 Å². The Bertz CT molecular complexity index is 1340. The van der Waals surface area contributed by atoms with Crippen molar-refractivity contribution >= 4 is 34.6 Å². The second kappa shape index (κ2) is 10.6. The maximum Gasteiger partial charge on any atom is 0.412 e. The number of ether oxygens (including phenoxy) is 1. The lowest BCUT2D eigenvalue weighted by Gasteiger charge is -2.33. The summed E-state index contributed by atoms with van der Waals surface area (Å²) in [5, 5.41) is 5.92. The standard InChI is InChI=1S/C27H35N5O5/c1-16-18(30-25(35)37-27(5,6)7)12-13-19-20(16)23(34)36-24(29-19)31-21(26(2,3)4)22(33)32(8)15-17-11-9-10-14-28-17/h9-14,21H,15H2,1-8H3,(H,29,31)(H,30,35)/t21-/m1/s1. The van der Waals surface area contributed by atoms with Gasteiger partial charge in [-0.2, -0.15) is 4.98 Å². The quantitative estimate of drug-likeness (QED) is 0.489. The first-order chi connectivity index (χ1) is 17.2. The van der Waals surface area contributed by atoms with E-state index >= 15 is 0 Å². The molecule has 10 nitrogen and oxygen atoms in total. The zero-order valence-corrected chi connectivity index (χ0v) is 22.6. The molecule has 0 fully saturated rings. The zero-order chi connectivity index (χ0) is 27.5. The first-order valence-electron chi connectivity index (χ1n) is 12.0. The third kappa shape index (κ3) is 7.05. The van der Waals surface area contributed by atoms with Crippen molar-refractivity contribution in [2.24, 2.45) is 5.41 Å². The van der Waals surface area contributed by atoms with Crippen LogP contribution in [0.3, 0.4) is 0 Å². The predicted octanol–water partition coefficient (Wildman–Crippen LogP) is 4.72. The highest BCUT2D eigenvalue weighted by Crippen LogP contribution is 2.27. The minimum Gasteiger partial charge on any atom is -0.444 e. The van der Waals surface area contributed by atoms with Gasteiger partial charge < -0.3 is 19.4 Å². The Balaban J connectivity index is 1.88. The van der Waals surface area contributed by atoms with Crippen molar-refractivity contribution in [3.63, 3.8) is 0 Å². The molecule has 0 aliphatic carbocycles. The van der Waals surface area contributed by atoms with E-state index in [4.69, 9.17) is 9.15 Å². The number of carbonyl (C=O) groups is 2. The second-order valence-corrected chi connectivity index (χ2v) is 11.0. The highest BCUT2D eigenvalue weighted by Gasteiger charge is 2.34. The predicted molar refractivity (Wildman–Crippen MR) is 142 cm³/mol. The van der Waals surface area contributed by atoms with Gasteiger partial charge in [0.15, 0.2) is 0 Å². The lowest BCUT2D eigenvalue weighted by Crippen LogP contribution is -2.48. The van der Waals surface area contributed by atoms with Gasteiger partial charge in [0, 0.05) is 18.9 Å². The molecule has 3 rings (SSSR count). The van der Waals surface area contributed by atoms with E-state index in [1.54, 1.807) is 58.0 Å². The molecule has 2 amide bonds. The SMILES string of the molecule is Cc1c(NC(=O)OC(C)(C)C)ccc2nc(N[C@H](C(=O)N(C)Cc3ccccn3)C(C)(C)C)oc(=O)c12. The Morgan fingerprint density at radius 3 is 2.41 bits per heavy atom. The van der Waals surface area contributed by atoms with Crippen LogP contribution < -0.4 is 16.3 Å². The van der Waals surface area contributed by atoms with Crippen LogP contribution in [0.2, 0.25) is 0 Å². The Morgan fingerprint density at radius 2 is 1.81 bits per heavy atom. The van der Waals surface area contributed by atoms with Gasteiger partial charge in [-0.05, 0) is 62.9 Å². The average Bonchev–Trinajstić information content (AvgIpc) is 2.77. The van der Waals surface area contributed by atoms with Crippen molar-refractivity contribution in [1.82, 2.24) is 14.9 Å². The van der Waals surface area contributed by atoms with Gasteiger partial charge in [0.1, 0.15) is 11.6 Å². The molecule has 37 heavy (non-hydrogen) atoms. The number of nitrogens with zero attached hydrogens (tertiary/aromatic N) is 3. The largest absolute Gasteiger partial charge is 0.444 e. The Hall–Kier alpha value is -3.95. The lowest BCUT2D eigenvalue weighted by molar-refractivity contribution is -0.133. The van der Waals surface area contributed by atoms with E-state index < -0.39 is 28.8 Å². The molecule has 10 heteroatoms. The highest BCUT2D eigenvalue weighted by atomic mass is 16.6. The number of pyridine rings is 1. The number of amides is 2. The van der Waals surface area contributed by atoms with E-state index in [-0.39, 0.29) is 17.3 Å². The van der Waals surface area contributed by atoms with Crippen LogP contribution in [0.1, 0.15) is 52.8 Å². The van der Waals surface area contributed by atoms with Crippen molar-refractivity contribution in [2.75, 3.05) is 17.7 Å². The first-order valence-corrected chi connectivity index (χ1v) is 12.0. The molecule has 0 aliphatic heterocycles. The Kier molecular flexibility index (Phi) is 7.90. The molecule has 0 spiro atoms. The molecule has 0 bridgehead atoms. The summed E-state index contributed by atoms with van der Waals surface area (Å²) >= 11 is 0. The molecule has 3 aromatic rings. The molecule has 0 unspecified atom stereocenters. The van der Waals surface area contributed by atoms with Gasteiger partial charge in [-0.3, -0.25) is 15.1 Å². The van der Waals surface area contributed by atoms with Crippen molar-refractivity contribution in [3.8, 4) is 0 Å². The van der Waals surface area contributed by atoms with Crippen molar-refractivity contribution in [1.29, 1.82) is 0 Å². The van der Waals surface area contributed by atoms with Crippen LogP contribution in [0.25, 0.3) is 10.9 Å². The number of hydrogen-bond acceptors (Lipinski definition) is 8. The summed E-state index contributed by atoms with van der Waals surface area (Å²) in [5.74, 6) is -0.198. The molecule has 0 saturated heterocycles. The number of fused-ring (bicyclic) bond motifs is 1. The van der Waals surface area contributed by atoms with Crippen LogP contribution in [-0.2, 0) is 16.1 Å². The summed E-state index contributed by atoms with van der Waals surface area (Å²) in [4.78, 5) is 48.9. The summed E-state index contributed by atoms with van der Waals surface area (Å²) in [5.41, 5.74) is 0.204. The number of likely N-dealkylation sites (N-methyl/N-ethyl adjacent to an activating group) is 1. The molecule has 198 valence electrons. The van der Waals surface area contributed by atoms with Gasteiger partial charge in [-0.25, -0.2) is 9.59 Å². The fraction of sp³-hybridized carbons (Fsp3) is 0.444. The number of carbonyl (C=O) groups excluding carboxylic acids is 2. The van der Waals surface area contributed by atoms with Gasteiger partial charge in [0.2, 0.25) is 5.91 Å². The maximum atomic E-state index is 13.4. The first kappa shape index (κ1) is 27.6. The average molecular weight is 510 g/mol. The van der Waals surface area contributed by atoms with Crippen molar-refractivity contribution < 1.29 is 18.7 Å². The van der Waals surface area contributed by atoms with Crippen LogP contribution >= 0.6 is 0 Å². The van der Waals surface area contributed by atoms with Gasteiger partial charge >= 0.3 is 11.7 Å².